The van der Waals surface area contributed by atoms with Crippen LogP contribution in [-0.4, -0.2) is 9.97 Å². The van der Waals surface area contributed by atoms with E-state index in [1.807, 2.05) is 6.92 Å². The molecule has 0 atom stereocenters. The summed E-state index contributed by atoms with van der Waals surface area (Å²) < 4.78 is 37.8. The fourth-order valence-electron chi connectivity index (χ4n) is 1.48. The standard InChI is InChI=1S/C12H8Cl2F3N3/c1-6-2-3-7(13)8(4-6)18-10-5-9(14)19-11(20-10)12(15,16)17/h2-5H,1H3,(H,18,19,20). The second-order valence-electron chi connectivity index (χ2n) is 4.01. The number of aryl methyl sites for hydroxylation is 1. The zero-order chi connectivity index (χ0) is 14.9. The lowest BCUT2D eigenvalue weighted by molar-refractivity contribution is -0.144. The summed E-state index contributed by atoms with van der Waals surface area (Å²) in [6, 6.07) is 6.29. The molecule has 0 aliphatic carbocycles. The van der Waals surface area contributed by atoms with Gasteiger partial charge in [-0.15, -0.1) is 0 Å². The van der Waals surface area contributed by atoms with E-state index in [0.717, 1.165) is 5.56 Å². The van der Waals surface area contributed by atoms with Crippen LogP contribution in [0.1, 0.15) is 11.4 Å². The number of aromatic nitrogens is 2. The minimum absolute atomic E-state index is 0.0789. The Kier molecular flexibility index (Phi) is 4.06. The Balaban J connectivity index is 2.39. The molecular weight excluding hydrogens is 314 g/mol. The lowest BCUT2D eigenvalue weighted by Crippen LogP contribution is -2.12. The predicted octanol–water partition coefficient (Wildman–Crippen LogP) is 4.85. The first kappa shape index (κ1) is 14.9. The Labute approximate surface area is 122 Å². The van der Waals surface area contributed by atoms with Crippen LogP contribution in [0.5, 0.6) is 0 Å². The van der Waals surface area contributed by atoms with Crippen LogP contribution in [0.15, 0.2) is 24.3 Å². The summed E-state index contributed by atoms with van der Waals surface area (Å²) in [5.41, 5.74) is 1.34. The number of hydrogen-bond acceptors (Lipinski definition) is 3. The summed E-state index contributed by atoms with van der Waals surface area (Å²) in [4.78, 5) is 6.52. The van der Waals surface area contributed by atoms with Crippen LogP contribution >= 0.6 is 23.2 Å². The minimum Gasteiger partial charge on any atom is -0.339 e. The number of hydrogen-bond donors (Lipinski definition) is 1. The van der Waals surface area contributed by atoms with Gasteiger partial charge in [-0.3, -0.25) is 0 Å². The topological polar surface area (TPSA) is 37.8 Å². The van der Waals surface area contributed by atoms with Gasteiger partial charge in [-0.25, -0.2) is 9.97 Å². The van der Waals surface area contributed by atoms with Gasteiger partial charge in [-0.1, -0.05) is 29.3 Å². The van der Waals surface area contributed by atoms with Crippen molar-refractivity contribution < 1.29 is 13.2 Å². The van der Waals surface area contributed by atoms with Crippen molar-refractivity contribution in [3.05, 3.63) is 45.8 Å². The molecule has 2 rings (SSSR count). The molecule has 20 heavy (non-hydrogen) atoms. The normalized spacial score (nSPS) is 11.5. The molecule has 3 nitrogen and oxygen atoms in total. The quantitative estimate of drug-likeness (QED) is 0.803. The van der Waals surface area contributed by atoms with Crippen LogP contribution < -0.4 is 5.32 Å². The summed E-state index contributed by atoms with van der Waals surface area (Å²) in [5, 5.41) is 2.75. The highest BCUT2D eigenvalue weighted by molar-refractivity contribution is 6.33. The molecule has 0 unspecified atom stereocenters. The Bertz CT molecular complexity index is 644. The molecule has 0 fully saturated rings. The Hall–Kier alpha value is -1.53. The molecule has 1 aromatic carbocycles. The van der Waals surface area contributed by atoms with Gasteiger partial charge in [0.15, 0.2) is 0 Å². The molecule has 0 radical (unpaired) electrons. The highest BCUT2D eigenvalue weighted by atomic mass is 35.5. The van der Waals surface area contributed by atoms with E-state index in [1.54, 1.807) is 18.2 Å². The summed E-state index contributed by atoms with van der Waals surface area (Å²) in [7, 11) is 0. The molecule has 8 heteroatoms. The number of benzene rings is 1. The van der Waals surface area contributed by atoms with E-state index in [1.165, 1.54) is 6.07 Å². The Morgan fingerprint density at radius 2 is 1.80 bits per heavy atom. The van der Waals surface area contributed by atoms with Crippen LogP contribution in [0.2, 0.25) is 10.2 Å². The van der Waals surface area contributed by atoms with Crippen molar-refractivity contribution in [2.75, 3.05) is 5.32 Å². The fraction of sp³-hybridized carbons (Fsp3) is 0.167. The molecule has 1 heterocycles. The van der Waals surface area contributed by atoms with E-state index < -0.39 is 12.0 Å². The van der Waals surface area contributed by atoms with Crippen molar-refractivity contribution in [2.24, 2.45) is 0 Å². The lowest BCUT2D eigenvalue weighted by atomic mass is 10.2. The number of rotatable bonds is 2. The van der Waals surface area contributed by atoms with Gasteiger partial charge in [0, 0.05) is 6.07 Å². The third-order valence-electron chi connectivity index (χ3n) is 2.33. The molecule has 106 valence electrons. The van der Waals surface area contributed by atoms with Gasteiger partial charge in [0.25, 0.3) is 0 Å². The number of halogens is 5. The lowest BCUT2D eigenvalue weighted by Gasteiger charge is -2.11. The molecule has 0 amide bonds. The minimum atomic E-state index is -4.67. The number of alkyl halides is 3. The third-order valence-corrected chi connectivity index (χ3v) is 2.86. The van der Waals surface area contributed by atoms with E-state index in [9.17, 15) is 13.2 Å². The van der Waals surface area contributed by atoms with Crippen molar-refractivity contribution in [1.29, 1.82) is 0 Å². The molecule has 0 bridgehead atoms. The van der Waals surface area contributed by atoms with Gasteiger partial charge in [0.2, 0.25) is 5.82 Å². The maximum absolute atomic E-state index is 12.6. The predicted molar refractivity (Wildman–Crippen MR) is 71.5 cm³/mol. The molecule has 2 aromatic rings. The smallest absolute Gasteiger partial charge is 0.339 e. The molecular formula is C12H8Cl2F3N3. The average molecular weight is 322 g/mol. The second-order valence-corrected chi connectivity index (χ2v) is 4.80. The van der Waals surface area contributed by atoms with Crippen molar-refractivity contribution in [2.45, 2.75) is 13.1 Å². The van der Waals surface area contributed by atoms with Gasteiger partial charge in [0.05, 0.1) is 10.7 Å². The number of nitrogens with one attached hydrogen (secondary N) is 1. The van der Waals surface area contributed by atoms with E-state index in [0.29, 0.717) is 10.7 Å². The van der Waals surface area contributed by atoms with E-state index in [-0.39, 0.29) is 11.0 Å². The van der Waals surface area contributed by atoms with Crippen LogP contribution in [0, 0.1) is 6.92 Å². The highest BCUT2D eigenvalue weighted by Crippen LogP contribution is 2.30. The zero-order valence-electron chi connectivity index (χ0n) is 10.1. The third kappa shape index (κ3) is 3.52. The van der Waals surface area contributed by atoms with E-state index in [4.69, 9.17) is 23.2 Å². The van der Waals surface area contributed by atoms with E-state index >= 15 is 0 Å². The van der Waals surface area contributed by atoms with Crippen LogP contribution in [-0.2, 0) is 6.18 Å². The van der Waals surface area contributed by atoms with Crippen LogP contribution in [0.3, 0.4) is 0 Å². The monoisotopic (exact) mass is 321 g/mol. The SMILES string of the molecule is Cc1ccc(Cl)c(Nc2cc(Cl)nc(C(F)(F)F)n2)c1. The largest absolute Gasteiger partial charge is 0.451 e. The average Bonchev–Trinajstić information content (AvgIpc) is 2.32. The molecule has 0 spiro atoms. The van der Waals surface area contributed by atoms with Crippen molar-refractivity contribution in [1.82, 2.24) is 9.97 Å². The highest BCUT2D eigenvalue weighted by Gasteiger charge is 2.35. The van der Waals surface area contributed by atoms with Crippen molar-refractivity contribution in [3.8, 4) is 0 Å². The molecule has 0 saturated heterocycles. The van der Waals surface area contributed by atoms with E-state index in [2.05, 4.69) is 15.3 Å². The summed E-state index contributed by atoms with van der Waals surface area (Å²) >= 11 is 11.5. The fourth-order valence-corrected chi connectivity index (χ4v) is 1.83. The van der Waals surface area contributed by atoms with Crippen molar-refractivity contribution in [3.63, 3.8) is 0 Å². The van der Waals surface area contributed by atoms with Crippen molar-refractivity contribution >= 4 is 34.7 Å². The molecule has 0 saturated carbocycles. The molecule has 1 aromatic heterocycles. The number of anilines is 2. The zero-order valence-corrected chi connectivity index (χ0v) is 11.6. The van der Waals surface area contributed by atoms with Gasteiger partial charge in [0.1, 0.15) is 11.0 Å². The first-order valence-electron chi connectivity index (χ1n) is 5.40. The van der Waals surface area contributed by atoms with Crippen LogP contribution in [0.25, 0.3) is 0 Å². The first-order chi connectivity index (χ1) is 9.25. The summed E-state index contributed by atoms with van der Waals surface area (Å²) in [6.45, 7) is 1.83. The maximum Gasteiger partial charge on any atom is 0.451 e. The van der Waals surface area contributed by atoms with Gasteiger partial charge >= 0.3 is 6.18 Å². The summed E-state index contributed by atoms with van der Waals surface area (Å²) in [6.07, 6.45) is -4.67. The van der Waals surface area contributed by atoms with Gasteiger partial charge in [-0.05, 0) is 24.6 Å². The maximum atomic E-state index is 12.6. The van der Waals surface area contributed by atoms with Gasteiger partial charge in [-0.2, -0.15) is 13.2 Å². The molecule has 0 aliphatic rings. The first-order valence-corrected chi connectivity index (χ1v) is 6.16. The molecule has 1 N–H and O–H groups in total. The second kappa shape index (κ2) is 5.46. The van der Waals surface area contributed by atoms with Crippen LogP contribution in [0.4, 0.5) is 24.7 Å². The number of nitrogens with zero attached hydrogens (tertiary/aromatic N) is 2. The molecule has 0 aliphatic heterocycles. The summed E-state index contributed by atoms with van der Waals surface area (Å²) in [5.74, 6) is -1.39. The Morgan fingerprint density at radius 3 is 2.45 bits per heavy atom. The Morgan fingerprint density at radius 1 is 1.10 bits per heavy atom. The van der Waals surface area contributed by atoms with Gasteiger partial charge < -0.3 is 5.32 Å².